The molecule has 1 fully saturated rings. The van der Waals surface area contributed by atoms with Gasteiger partial charge in [-0.25, -0.2) is 9.97 Å². The number of anilines is 1. The van der Waals surface area contributed by atoms with Crippen molar-refractivity contribution in [2.45, 2.75) is 19.4 Å². The first-order valence-corrected chi connectivity index (χ1v) is 10.2. The van der Waals surface area contributed by atoms with E-state index in [1.807, 2.05) is 37.3 Å². The van der Waals surface area contributed by atoms with E-state index in [0.717, 1.165) is 29.2 Å². The molecule has 1 aliphatic rings. The number of imidazole rings is 1. The summed E-state index contributed by atoms with van der Waals surface area (Å²) >= 11 is 0. The average molecular weight is 422 g/mol. The quantitative estimate of drug-likeness (QED) is 0.617. The number of morpholine rings is 1. The van der Waals surface area contributed by atoms with Crippen molar-refractivity contribution in [2.75, 3.05) is 38.3 Å². The van der Waals surface area contributed by atoms with Crippen LogP contribution in [0.4, 0.5) is 5.82 Å². The van der Waals surface area contributed by atoms with Crippen LogP contribution < -0.4 is 15.0 Å². The van der Waals surface area contributed by atoms with Crippen molar-refractivity contribution < 1.29 is 14.3 Å². The van der Waals surface area contributed by atoms with Gasteiger partial charge in [-0.15, -0.1) is 0 Å². The van der Waals surface area contributed by atoms with Crippen molar-refractivity contribution in [3.05, 3.63) is 60.3 Å². The minimum atomic E-state index is -0.545. The van der Waals surface area contributed by atoms with Gasteiger partial charge in [0.15, 0.2) is 6.10 Å². The smallest absolute Gasteiger partial charge is 0.250 e. The molecule has 3 aromatic rings. The number of nitrogens with zero attached hydrogens (tertiary/aromatic N) is 5. The van der Waals surface area contributed by atoms with Crippen LogP contribution in [0.15, 0.2) is 49.1 Å². The Balaban J connectivity index is 1.35. The normalized spacial score (nSPS) is 16.2. The van der Waals surface area contributed by atoms with Crippen LogP contribution in [0.3, 0.4) is 0 Å². The third-order valence-corrected chi connectivity index (χ3v) is 5.12. The van der Waals surface area contributed by atoms with Gasteiger partial charge in [0.25, 0.3) is 5.91 Å². The molecule has 1 N–H and O–H groups in total. The third kappa shape index (κ3) is 5.18. The van der Waals surface area contributed by atoms with Crippen LogP contribution in [0.25, 0.3) is 5.95 Å². The number of carbonyl (C=O) groups is 1. The summed E-state index contributed by atoms with van der Waals surface area (Å²) in [6.45, 7) is 4.03. The zero-order chi connectivity index (χ0) is 21.6. The number of ether oxygens (including phenoxy) is 2. The number of rotatable bonds is 7. The summed E-state index contributed by atoms with van der Waals surface area (Å²) in [4.78, 5) is 27.9. The highest BCUT2D eigenvalue weighted by Crippen LogP contribution is 2.18. The Hall–Kier alpha value is -3.46. The first-order chi connectivity index (χ1) is 15.1. The van der Waals surface area contributed by atoms with E-state index in [-0.39, 0.29) is 5.91 Å². The van der Waals surface area contributed by atoms with Gasteiger partial charge in [0.05, 0.1) is 20.3 Å². The van der Waals surface area contributed by atoms with Crippen molar-refractivity contribution in [1.29, 1.82) is 0 Å². The fraction of sp³-hybridized carbons (Fsp3) is 0.364. The molecule has 0 spiro atoms. The van der Waals surface area contributed by atoms with Crippen molar-refractivity contribution in [3.8, 4) is 11.7 Å². The van der Waals surface area contributed by atoms with E-state index in [4.69, 9.17) is 9.47 Å². The highest BCUT2D eigenvalue weighted by atomic mass is 16.5. The average Bonchev–Trinajstić information content (AvgIpc) is 3.34. The minimum absolute atomic E-state index is 0.112. The first kappa shape index (κ1) is 20.8. The standard InChI is InChI=1S/C22H26N6O3/c1-16-13-20(26-22(25-16)28-10-9-23-15-28)27-11-12-31-19(14-27)21(29)24-8-7-17-3-5-18(30-2)6-4-17/h3-6,9-10,13,15,19H,7-8,11-12,14H2,1-2H3,(H,24,29). The number of aromatic nitrogens is 4. The Morgan fingerprint density at radius 2 is 2.13 bits per heavy atom. The number of carbonyl (C=O) groups excluding carboxylic acids is 1. The van der Waals surface area contributed by atoms with E-state index in [0.29, 0.717) is 32.2 Å². The monoisotopic (exact) mass is 422 g/mol. The fourth-order valence-corrected chi connectivity index (χ4v) is 3.44. The molecule has 3 heterocycles. The number of methoxy groups -OCH3 is 1. The van der Waals surface area contributed by atoms with Gasteiger partial charge in [0.1, 0.15) is 17.9 Å². The van der Waals surface area contributed by atoms with Crippen LogP contribution in [0.1, 0.15) is 11.3 Å². The summed E-state index contributed by atoms with van der Waals surface area (Å²) in [6.07, 6.45) is 5.35. The summed E-state index contributed by atoms with van der Waals surface area (Å²) in [6, 6.07) is 9.75. The maximum atomic E-state index is 12.7. The number of amides is 1. The molecule has 0 bridgehead atoms. The second-order valence-electron chi connectivity index (χ2n) is 7.33. The summed E-state index contributed by atoms with van der Waals surface area (Å²) in [5.74, 6) is 2.04. The van der Waals surface area contributed by atoms with Gasteiger partial charge in [0, 0.05) is 37.2 Å². The highest BCUT2D eigenvalue weighted by Gasteiger charge is 2.27. The van der Waals surface area contributed by atoms with Gasteiger partial charge < -0.3 is 19.7 Å². The van der Waals surface area contributed by atoms with Crippen LogP contribution in [-0.4, -0.2) is 64.9 Å². The zero-order valence-electron chi connectivity index (χ0n) is 17.7. The molecule has 0 saturated carbocycles. The highest BCUT2D eigenvalue weighted by molar-refractivity contribution is 5.81. The Morgan fingerprint density at radius 3 is 2.87 bits per heavy atom. The minimum Gasteiger partial charge on any atom is -0.497 e. The molecule has 1 unspecified atom stereocenters. The molecule has 31 heavy (non-hydrogen) atoms. The first-order valence-electron chi connectivity index (χ1n) is 10.2. The van der Waals surface area contributed by atoms with E-state index in [1.165, 1.54) is 0 Å². The Morgan fingerprint density at radius 1 is 1.29 bits per heavy atom. The maximum absolute atomic E-state index is 12.7. The largest absolute Gasteiger partial charge is 0.497 e. The predicted molar refractivity (Wildman–Crippen MR) is 116 cm³/mol. The lowest BCUT2D eigenvalue weighted by Crippen LogP contribution is -2.50. The Bertz CT molecular complexity index is 1010. The van der Waals surface area contributed by atoms with Crippen molar-refractivity contribution in [2.24, 2.45) is 0 Å². The molecule has 9 heteroatoms. The molecule has 1 saturated heterocycles. The topological polar surface area (TPSA) is 94.4 Å². The molecule has 1 atom stereocenters. The second kappa shape index (κ2) is 9.57. The molecule has 2 aromatic heterocycles. The lowest BCUT2D eigenvalue weighted by Gasteiger charge is -2.33. The molecule has 1 aromatic carbocycles. The summed E-state index contributed by atoms with van der Waals surface area (Å²) in [5.41, 5.74) is 1.98. The van der Waals surface area contributed by atoms with Gasteiger partial charge in [0.2, 0.25) is 5.95 Å². The fourth-order valence-electron chi connectivity index (χ4n) is 3.44. The molecule has 1 amide bonds. The second-order valence-corrected chi connectivity index (χ2v) is 7.33. The van der Waals surface area contributed by atoms with E-state index in [2.05, 4.69) is 25.2 Å². The molecule has 4 rings (SSSR count). The van der Waals surface area contributed by atoms with Crippen LogP contribution in [0, 0.1) is 6.92 Å². The number of benzene rings is 1. The van der Waals surface area contributed by atoms with Gasteiger partial charge in [-0.1, -0.05) is 12.1 Å². The zero-order valence-corrected chi connectivity index (χ0v) is 17.7. The molecule has 0 aliphatic carbocycles. The SMILES string of the molecule is COc1ccc(CCNC(=O)C2CN(c3cc(C)nc(-n4ccnc4)n3)CCO2)cc1. The van der Waals surface area contributed by atoms with E-state index in [9.17, 15) is 4.79 Å². The summed E-state index contributed by atoms with van der Waals surface area (Å²) in [7, 11) is 1.64. The number of hydrogen-bond acceptors (Lipinski definition) is 7. The van der Waals surface area contributed by atoms with E-state index >= 15 is 0 Å². The van der Waals surface area contributed by atoms with Crippen molar-refractivity contribution in [1.82, 2.24) is 24.8 Å². The molecule has 9 nitrogen and oxygen atoms in total. The van der Waals surface area contributed by atoms with Crippen molar-refractivity contribution >= 4 is 11.7 Å². The number of hydrogen-bond donors (Lipinski definition) is 1. The molecular formula is C22H26N6O3. The van der Waals surface area contributed by atoms with E-state index < -0.39 is 6.10 Å². The van der Waals surface area contributed by atoms with Crippen molar-refractivity contribution in [3.63, 3.8) is 0 Å². The van der Waals surface area contributed by atoms with Gasteiger partial charge in [-0.05, 0) is 31.0 Å². The lowest BCUT2D eigenvalue weighted by molar-refractivity contribution is -0.133. The molecular weight excluding hydrogens is 396 g/mol. The number of aryl methyl sites for hydroxylation is 1. The van der Waals surface area contributed by atoms with Crippen LogP contribution in [-0.2, 0) is 16.0 Å². The summed E-state index contributed by atoms with van der Waals surface area (Å²) < 4.78 is 12.7. The van der Waals surface area contributed by atoms with Crippen LogP contribution in [0.5, 0.6) is 5.75 Å². The predicted octanol–water partition coefficient (Wildman–Crippen LogP) is 1.54. The van der Waals surface area contributed by atoms with E-state index in [1.54, 1.807) is 30.4 Å². The Labute approximate surface area is 181 Å². The van der Waals surface area contributed by atoms with Gasteiger partial charge in [-0.3, -0.25) is 9.36 Å². The summed E-state index contributed by atoms with van der Waals surface area (Å²) in [5, 5.41) is 2.98. The lowest BCUT2D eigenvalue weighted by atomic mass is 10.1. The van der Waals surface area contributed by atoms with Crippen LogP contribution in [0.2, 0.25) is 0 Å². The van der Waals surface area contributed by atoms with Gasteiger partial charge in [-0.2, -0.15) is 4.98 Å². The molecule has 162 valence electrons. The maximum Gasteiger partial charge on any atom is 0.250 e. The van der Waals surface area contributed by atoms with Gasteiger partial charge >= 0.3 is 0 Å². The molecule has 0 radical (unpaired) electrons. The Kier molecular flexibility index (Phi) is 6.42. The van der Waals surface area contributed by atoms with Crippen LogP contribution >= 0.6 is 0 Å². The number of nitrogens with one attached hydrogen (secondary N) is 1. The third-order valence-electron chi connectivity index (χ3n) is 5.12. The molecule has 1 aliphatic heterocycles.